The number of rotatable bonds is 7. The molecule has 0 N–H and O–H groups in total. The van der Waals surface area contributed by atoms with Crippen LogP contribution in [0.15, 0.2) is 24.3 Å². The third kappa shape index (κ3) is 27.2. The van der Waals surface area contributed by atoms with Gasteiger partial charge in [0.25, 0.3) is 0 Å². The van der Waals surface area contributed by atoms with E-state index in [9.17, 15) is 4.79 Å². The fourth-order valence-corrected chi connectivity index (χ4v) is 2.75. The second kappa shape index (κ2) is 27.2. The van der Waals surface area contributed by atoms with Crippen molar-refractivity contribution in [1.29, 1.82) is 0 Å². The molecule has 1 rings (SSSR count). The lowest BCUT2D eigenvalue weighted by Gasteiger charge is -2.08. The van der Waals surface area contributed by atoms with E-state index in [0.29, 0.717) is 5.78 Å². The molecule has 0 spiro atoms. The highest BCUT2D eigenvalue weighted by Gasteiger charge is 2.13. The van der Waals surface area contributed by atoms with Crippen molar-refractivity contribution in [3.8, 4) is 0 Å². The summed E-state index contributed by atoms with van der Waals surface area (Å²) in [4.78, 5) is 11.1. The lowest BCUT2D eigenvalue weighted by Crippen LogP contribution is -2.15. The largest absolute Gasteiger partial charge is 0.299 e. The van der Waals surface area contributed by atoms with E-state index < -0.39 is 0 Å². The molecule has 2 heteroatoms. The summed E-state index contributed by atoms with van der Waals surface area (Å²) in [6.45, 7) is 24.8. The van der Waals surface area contributed by atoms with Crippen molar-refractivity contribution < 1.29 is 4.79 Å². The van der Waals surface area contributed by atoms with Crippen LogP contribution < -0.4 is 0 Å². The lowest BCUT2D eigenvalue weighted by atomic mass is 9.95. The van der Waals surface area contributed by atoms with Crippen LogP contribution in [0, 0.1) is 24.7 Å². The van der Waals surface area contributed by atoms with Gasteiger partial charge in [0.15, 0.2) is 0 Å². The van der Waals surface area contributed by atoms with Gasteiger partial charge in [-0.1, -0.05) is 126 Å². The monoisotopic (exact) mass is 428 g/mol. The van der Waals surface area contributed by atoms with Crippen LogP contribution in [0.1, 0.15) is 114 Å². The third-order valence-corrected chi connectivity index (χ3v) is 4.45. The van der Waals surface area contributed by atoms with E-state index in [0.717, 1.165) is 17.4 Å². The van der Waals surface area contributed by atoms with Crippen molar-refractivity contribution in [2.45, 2.75) is 115 Å². The van der Waals surface area contributed by atoms with Gasteiger partial charge in [-0.05, 0) is 37.0 Å². The van der Waals surface area contributed by atoms with Gasteiger partial charge >= 0.3 is 0 Å². The molecule has 0 radical (unpaired) electrons. The van der Waals surface area contributed by atoms with E-state index in [2.05, 4.69) is 20.8 Å². The number of Topliss-reactive ketones (excluding diaryl/α,β-unsaturated/α-hetero) is 1. The fourth-order valence-electron chi connectivity index (χ4n) is 2.51. The van der Waals surface area contributed by atoms with E-state index in [-0.39, 0.29) is 11.8 Å². The first kappa shape index (κ1) is 35.6. The molecule has 1 aromatic carbocycles. The van der Waals surface area contributed by atoms with E-state index in [1.54, 1.807) is 0 Å². The minimum absolute atomic E-state index is 0.208. The average Bonchev–Trinajstić information content (AvgIpc) is 2.71. The van der Waals surface area contributed by atoms with Crippen LogP contribution >= 0.6 is 11.6 Å². The van der Waals surface area contributed by atoms with Crippen molar-refractivity contribution in [3.63, 3.8) is 0 Å². The molecule has 174 valence electrons. The Morgan fingerprint density at radius 2 is 1.34 bits per heavy atom. The van der Waals surface area contributed by atoms with Crippen molar-refractivity contribution in [1.82, 2.24) is 0 Å². The molecule has 0 aromatic heterocycles. The van der Waals surface area contributed by atoms with Crippen LogP contribution in [0.4, 0.5) is 0 Å². The van der Waals surface area contributed by atoms with Gasteiger partial charge in [0.2, 0.25) is 0 Å². The molecule has 0 saturated heterocycles. The minimum Gasteiger partial charge on any atom is -0.299 e. The van der Waals surface area contributed by atoms with E-state index in [1.165, 1.54) is 31.2 Å². The number of carbonyl (C=O) groups is 1. The molecule has 1 unspecified atom stereocenters. The highest BCUT2D eigenvalue weighted by atomic mass is 35.5. The number of hydrogen-bond donors (Lipinski definition) is 0. The molecule has 1 atom stereocenters. The van der Waals surface area contributed by atoms with Gasteiger partial charge in [0, 0.05) is 16.9 Å². The maximum Gasteiger partial charge on any atom is 0.138 e. The van der Waals surface area contributed by atoms with E-state index >= 15 is 0 Å². The predicted octanol–water partition coefficient (Wildman–Crippen LogP) is 10.2. The molecular formula is C27H53ClO. The summed E-state index contributed by atoms with van der Waals surface area (Å²) in [6, 6.07) is 7.76. The van der Waals surface area contributed by atoms with Crippen LogP contribution in [0.2, 0.25) is 5.02 Å². The van der Waals surface area contributed by atoms with Crippen LogP contribution in [-0.4, -0.2) is 5.78 Å². The zero-order valence-electron chi connectivity index (χ0n) is 21.9. The molecule has 0 aliphatic carbocycles. The molecular weight excluding hydrogens is 376 g/mol. The summed E-state index contributed by atoms with van der Waals surface area (Å²) in [7, 11) is 0. The maximum atomic E-state index is 11.1. The first-order valence-corrected chi connectivity index (χ1v) is 12.3. The third-order valence-electron chi connectivity index (χ3n) is 4.21. The van der Waals surface area contributed by atoms with Gasteiger partial charge in [0.1, 0.15) is 5.78 Å². The smallest absolute Gasteiger partial charge is 0.138 e. The zero-order valence-corrected chi connectivity index (χ0v) is 22.6. The van der Waals surface area contributed by atoms with Crippen LogP contribution in [0.5, 0.6) is 0 Å². The Kier molecular flexibility index (Phi) is 33.4. The van der Waals surface area contributed by atoms with Gasteiger partial charge in [-0.2, -0.15) is 0 Å². The number of hydrogen-bond acceptors (Lipinski definition) is 1. The van der Waals surface area contributed by atoms with Gasteiger partial charge in [-0.15, -0.1) is 0 Å². The Hall–Kier alpha value is -0.820. The maximum absolute atomic E-state index is 11.1. The van der Waals surface area contributed by atoms with Gasteiger partial charge in [0.05, 0.1) is 0 Å². The van der Waals surface area contributed by atoms with Crippen molar-refractivity contribution in [2.24, 2.45) is 17.8 Å². The number of benzene rings is 1. The Morgan fingerprint density at radius 1 is 0.897 bits per heavy atom. The SMILES string of the molecule is CC.CC.CCC(C)C(=O)C(C)C.CCCC(C)CCC.Cc1cccc(Cl)c1. The number of aryl methyl sites for hydroxylation is 1. The Morgan fingerprint density at radius 3 is 1.55 bits per heavy atom. The Bertz CT molecular complexity index is 417. The number of carbonyl (C=O) groups excluding carboxylic acids is 1. The van der Waals surface area contributed by atoms with Crippen molar-refractivity contribution in [3.05, 3.63) is 34.9 Å². The normalized spacial score (nSPS) is 10.2. The highest BCUT2D eigenvalue weighted by Crippen LogP contribution is 2.11. The Balaban J connectivity index is -0.000000149. The summed E-state index contributed by atoms with van der Waals surface area (Å²) in [5, 5.41) is 0.810. The minimum atomic E-state index is 0.208. The molecule has 0 heterocycles. The summed E-state index contributed by atoms with van der Waals surface area (Å²) < 4.78 is 0. The molecule has 1 nitrogen and oxygen atoms in total. The van der Waals surface area contributed by atoms with Crippen LogP contribution in [-0.2, 0) is 4.79 Å². The lowest BCUT2D eigenvalue weighted by molar-refractivity contribution is -0.125. The van der Waals surface area contributed by atoms with Crippen molar-refractivity contribution >= 4 is 17.4 Å². The average molecular weight is 429 g/mol. The van der Waals surface area contributed by atoms with E-state index in [4.69, 9.17) is 11.6 Å². The molecule has 1 aromatic rings. The topological polar surface area (TPSA) is 17.1 Å². The quantitative estimate of drug-likeness (QED) is 0.421. The van der Waals surface area contributed by atoms with Gasteiger partial charge in [-0.25, -0.2) is 0 Å². The van der Waals surface area contributed by atoms with Gasteiger partial charge in [-0.3, -0.25) is 4.79 Å². The van der Waals surface area contributed by atoms with Crippen LogP contribution in [0.25, 0.3) is 0 Å². The van der Waals surface area contributed by atoms with E-state index in [1.807, 2.05) is 86.6 Å². The second-order valence-electron chi connectivity index (χ2n) is 7.35. The van der Waals surface area contributed by atoms with Crippen LogP contribution in [0.3, 0.4) is 0 Å². The fraction of sp³-hybridized carbons (Fsp3) is 0.741. The molecule has 0 bridgehead atoms. The first-order valence-electron chi connectivity index (χ1n) is 11.9. The molecule has 0 amide bonds. The molecule has 0 aliphatic heterocycles. The number of ketones is 1. The summed E-state index contributed by atoms with van der Waals surface area (Å²) in [5.41, 5.74) is 1.21. The second-order valence-corrected chi connectivity index (χ2v) is 7.78. The Labute approximate surface area is 190 Å². The standard InChI is InChI=1S/C8H16O.C8H18.C7H7Cl.2C2H6/c1-5-7(4)8(9)6(2)3;1-4-6-8(3)7-5-2;1-6-3-2-4-7(8)5-6;2*1-2/h6-7H,5H2,1-4H3;8H,4-7H2,1-3H3;2-5H,1H3;2*1-2H3. The highest BCUT2D eigenvalue weighted by molar-refractivity contribution is 6.30. The van der Waals surface area contributed by atoms with Crippen molar-refractivity contribution in [2.75, 3.05) is 0 Å². The summed E-state index contributed by atoms with van der Waals surface area (Å²) >= 11 is 5.64. The molecule has 0 fully saturated rings. The predicted molar refractivity (Wildman–Crippen MR) is 137 cm³/mol. The van der Waals surface area contributed by atoms with Gasteiger partial charge < -0.3 is 0 Å². The first-order chi connectivity index (χ1) is 13.7. The number of halogens is 1. The summed E-state index contributed by atoms with van der Waals surface area (Å²) in [5.74, 6) is 1.81. The summed E-state index contributed by atoms with van der Waals surface area (Å²) in [6.07, 6.45) is 6.49. The zero-order chi connectivity index (χ0) is 23.8. The molecule has 29 heavy (non-hydrogen) atoms. The molecule has 0 aliphatic rings. The molecule has 0 saturated carbocycles.